The summed E-state index contributed by atoms with van der Waals surface area (Å²) < 4.78 is 28.7. The second-order valence-corrected chi connectivity index (χ2v) is 7.33. The molecule has 1 aromatic carbocycles. The molecule has 0 saturated carbocycles. The molecule has 0 aliphatic carbocycles. The second-order valence-electron chi connectivity index (χ2n) is 4.97. The Hall–Kier alpha value is -2.15. The lowest BCUT2D eigenvalue weighted by Gasteiger charge is -2.12. The van der Waals surface area contributed by atoms with Gasteiger partial charge < -0.3 is 10.1 Å². The molecule has 1 N–H and O–H groups in total. The second kappa shape index (κ2) is 8.47. The van der Waals surface area contributed by atoms with Crippen molar-refractivity contribution in [3.63, 3.8) is 0 Å². The molecule has 0 aliphatic rings. The summed E-state index contributed by atoms with van der Waals surface area (Å²) in [6, 6.07) is 6.16. The van der Waals surface area contributed by atoms with Gasteiger partial charge in [-0.2, -0.15) is 0 Å². The number of amides is 1. The summed E-state index contributed by atoms with van der Waals surface area (Å²) >= 11 is 0. The third-order valence-electron chi connectivity index (χ3n) is 3.06. The average molecular weight is 339 g/mol. The van der Waals surface area contributed by atoms with Crippen LogP contribution in [-0.4, -0.2) is 37.9 Å². The first-order valence-electron chi connectivity index (χ1n) is 7.22. The summed E-state index contributed by atoms with van der Waals surface area (Å²) in [5.41, 5.74) is 0.624. The first-order chi connectivity index (χ1) is 10.8. The predicted molar refractivity (Wildman–Crippen MR) is 89.1 cm³/mol. The number of esters is 1. The Morgan fingerprint density at radius 3 is 2.70 bits per heavy atom. The van der Waals surface area contributed by atoms with Crippen LogP contribution in [0.3, 0.4) is 0 Å². The van der Waals surface area contributed by atoms with Crippen LogP contribution in [0.1, 0.15) is 30.6 Å². The number of carbonyl (C=O) groups excluding carboxylic acids is 2. The molecular weight excluding hydrogens is 318 g/mol. The van der Waals surface area contributed by atoms with E-state index in [0.29, 0.717) is 18.7 Å². The number of ether oxygens (including phenoxy) is 1. The zero-order valence-electron chi connectivity index (χ0n) is 13.2. The van der Waals surface area contributed by atoms with Gasteiger partial charge in [-0.15, -0.1) is 6.58 Å². The van der Waals surface area contributed by atoms with E-state index in [2.05, 4.69) is 11.9 Å². The molecule has 0 aromatic heterocycles. The fraction of sp³-hybridized carbons (Fsp3) is 0.375. The van der Waals surface area contributed by atoms with E-state index in [1.54, 1.807) is 18.2 Å². The maximum atomic E-state index is 12.0. The number of nitrogens with one attached hydrogen (secondary N) is 1. The van der Waals surface area contributed by atoms with Gasteiger partial charge in [-0.25, -0.2) is 13.2 Å². The van der Waals surface area contributed by atoms with Gasteiger partial charge in [0, 0.05) is 5.69 Å². The van der Waals surface area contributed by atoms with E-state index in [0.717, 1.165) is 0 Å². The van der Waals surface area contributed by atoms with E-state index >= 15 is 0 Å². The number of carbonyl (C=O) groups is 2. The van der Waals surface area contributed by atoms with Crippen molar-refractivity contribution >= 4 is 27.4 Å². The van der Waals surface area contributed by atoms with Crippen LogP contribution < -0.4 is 5.32 Å². The lowest BCUT2D eigenvalue weighted by Crippen LogP contribution is -2.33. The number of hydrogen-bond acceptors (Lipinski definition) is 5. The standard InChI is InChI=1S/C16H21NO5S/c1-4-9-22-16(19)13-7-6-8-14(11-13)17-15(18)12(3)23(20,21)10-5-2/h5-8,11-12H,2,4,9-10H2,1,3H3,(H,17,18). The molecule has 126 valence electrons. The number of rotatable bonds is 8. The molecule has 0 heterocycles. The van der Waals surface area contributed by atoms with E-state index in [4.69, 9.17) is 4.74 Å². The summed E-state index contributed by atoms with van der Waals surface area (Å²) in [6.45, 7) is 6.87. The Balaban J connectivity index is 2.83. The van der Waals surface area contributed by atoms with Crippen molar-refractivity contribution in [3.05, 3.63) is 42.5 Å². The first-order valence-corrected chi connectivity index (χ1v) is 8.94. The van der Waals surface area contributed by atoms with E-state index in [9.17, 15) is 18.0 Å². The topological polar surface area (TPSA) is 89.5 Å². The fourth-order valence-corrected chi connectivity index (χ4v) is 2.72. The van der Waals surface area contributed by atoms with Crippen molar-refractivity contribution in [2.24, 2.45) is 0 Å². The predicted octanol–water partition coefficient (Wildman–Crippen LogP) is 2.18. The lowest BCUT2D eigenvalue weighted by molar-refractivity contribution is -0.115. The Kier molecular flexibility index (Phi) is 6.96. The molecule has 1 aromatic rings. The number of sulfone groups is 1. The van der Waals surface area contributed by atoms with Gasteiger partial charge in [0.2, 0.25) is 5.91 Å². The van der Waals surface area contributed by atoms with E-state index < -0.39 is 27.0 Å². The molecule has 1 unspecified atom stereocenters. The smallest absolute Gasteiger partial charge is 0.338 e. The summed E-state index contributed by atoms with van der Waals surface area (Å²) in [6.07, 6.45) is 1.95. The third kappa shape index (κ3) is 5.52. The molecule has 6 nitrogen and oxygen atoms in total. The molecule has 0 aliphatic heterocycles. The first kappa shape index (κ1) is 18.9. The Morgan fingerprint density at radius 1 is 1.39 bits per heavy atom. The van der Waals surface area contributed by atoms with Crippen molar-refractivity contribution in [2.75, 3.05) is 17.7 Å². The van der Waals surface area contributed by atoms with Crippen LogP contribution in [-0.2, 0) is 19.4 Å². The molecule has 23 heavy (non-hydrogen) atoms. The summed E-state index contributed by atoms with van der Waals surface area (Å²) in [5, 5.41) is 1.29. The van der Waals surface area contributed by atoms with E-state index in [1.807, 2.05) is 6.92 Å². The zero-order valence-corrected chi connectivity index (χ0v) is 14.1. The van der Waals surface area contributed by atoms with Gasteiger partial charge in [0.25, 0.3) is 0 Å². The largest absolute Gasteiger partial charge is 0.462 e. The van der Waals surface area contributed by atoms with Gasteiger partial charge in [-0.05, 0) is 31.5 Å². The Labute approximate surface area is 136 Å². The van der Waals surface area contributed by atoms with Crippen LogP contribution in [0.5, 0.6) is 0 Å². The fourth-order valence-electron chi connectivity index (χ4n) is 1.72. The highest BCUT2D eigenvalue weighted by Gasteiger charge is 2.26. The summed E-state index contributed by atoms with van der Waals surface area (Å²) in [4.78, 5) is 23.8. The highest BCUT2D eigenvalue weighted by molar-refractivity contribution is 7.92. The Morgan fingerprint density at radius 2 is 2.09 bits per heavy atom. The van der Waals surface area contributed by atoms with Crippen LogP contribution in [0.4, 0.5) is 5.69 Å². The quantitative estimate of drug-likeness (QED) is 0.579. The van der Waals surface area contributed by atoms with Crippen LogP contribution >= 0.6 is 0 Å². The van der Waals surface area contributed by atoms with Gasteiger partial charge in [0.1, 0.15) is 5.25 Å². The van der Waals surface area contributed by atoms with Gasteiger partial charge in [-0.3, -0.25) is 4.79 Å². The maximum absolute atomic E-state index is 12.0. The van der Waals surface area contributed by atoms with Gasteiger partial charge in [-0.1, -0.05) is 19.1 Å². The van der Waals surface area contributed by atoms with E-state index in [-0.39, 0.29) is 11.3 Å². The van der Waals surface area contributed by atoms with Gasteiger partial charge in [0.05, 0.1) is 17.9 Å². The van der Waals surface area contributed by atoms with Crippen LogP contribution in [0, 0.1) is 0 Å². The van der Waals surface area contributed by atoms with Gasteiger partial charge >= 0.3 is 5.97 Å². The molecule has 1 amide bonds. The lowest BCUT2D eigenvalue weighted by atomic mass is 10.2. The molecular formula is C16H21NO5S. The highest BCUT2D eigenvalue weighted by Crippen LogP contribution is 2.14. The van der Waals surface area contributed by atoms with Crippen molar-refractivity contribution in [1.29, 1.82) is 0 Å². The minimum absolute atomic E-state index is 0.273. The molecule has 1 rings (SSSR count). The van der Waals surface area contributed by atoms with Crippen LogP contribution in [0.2, 0.25) is 0 Å². The normalized spacial score (nSPS) is 12.3. The number of benzene rings is 1. The zero-order chi connectivity index (χ0) is 17.5. The average Bonchev–Trinajstić information content (AvgIpc) is 2.51. The SMILES string of the molecule is C=CCS(=O)(=O)C(C)C(=O)Nc1cccc(C(=O)OCCC)c1. The summed E-state index contributed by atoms with van der Waals surface area (Å²) in [7, 11) is -3.59. The third-order valence-corrected chi connectivity index (χ3v) is 5.05. The molecule has 1 atom stereocenters. The molecule has 0 bridgehead atoms. The molecule has 0 fully saturated rings. The number of hydrogen-bond donors (Lipinski definition) is 1. The molecule has 0 saturated heterocycles. The van der Waals surface area contributed by atoms with E-state index in [1.165, 1.54) is 19.1 Å². The van der Waals surface area contributed by atoms with Crippen LogP contribution in [0.25, 0.3) is 0 Å². The van der Waals surface area contributed by atoms with Crippen molar-refractivity contribution in [1.82, 2.24) is 0 Å². The monoisotopic (exact) mass is 339 g/mol. The van der Waals surface area contributed by atoms with Gasteiger partial charge in [0.15, 0.2) is 9.84 Å². The van der Waals surface area contributed by atoms with Crippen molar-refractivity contribution in [3.8, 4) is 0 Å². The van der Waals surface area contributed by atoms with Crippen molar-refractivity contribution < 1.29 is 22.7 Å². The Bertz CT molecular complexity index is 681. The minimum atomic E-state index is -3.59. The maximum Gasteiger partial charge on any atom is 0.338 e. The van der Waals surface area contributed by atoms with Crippen LogP contribution in [0.15, 0.2) is 36.9 Å². The number of anilines is 1. The molecule has 0 spiro atoms. The molecule has 0 radical (unpaired) electrons. The highest BCUT2D eigenvalue weighted by atomic mass is 32.2. The molecule has 7 heteroatoms. The summed E-state index contributed by atoms with van der Waals surface area (Å²) in [5.74, 6) is -1.42. The minimum Gasteiger partial charge on any atom is -0.462 e. The van der Waals surface area contributed by atoms with Crippen molar-refractivity contribution in [2.45, 2.75) is 25.5 Å².